The van der Waals surface area contributed by atoms with Crippen LogP contribution in [0.25, 0.3) is 5.57 Å². The summed E-state index contributed by atoms with van der Waals surface area (Å²) in [5.74, 6) is -1.11. The predicted molar refractivity (Wildman–Crippen MR) is 101 cm³/mol. The fraction of sp³-hybridized carbons (Fsp3) is 0.545. The van der Waals surface area contributed by atoms with Crippen LogP contribution >= 0.6 is 0 Å². The predicted octanol–water partition coefficient (Wildman–Crippen LogP) is 5.50. The van der Waals surface area contributed by atoms with Gasteiger partial charge >= 0.3 is 0 Å². The van der Waals surface area contributed by atoms with Crippen LogP contribution in [0.2, 0.25) is 0 Å². The average Bonchev–Trinajstić information content (AvgIpc) is 2.71. The van der Waals surface area contributed by atoms with Gasteiger partial charge in [-0.1, -0.05) is 12.2 Å². The van der Waals surface area contributed by atoms with Crippen molar-refractivity contribution in [3.8, 4) is 5.75 Å². The lowest BCUT2D eigenvalue weighted by molar-refractivity contribution is -0.225. The number of hydrogen-bond donors (Lipinski definition) is 0. The number of allylic oxidation sites excluding steroid dienone is 3. The lowest BCUT2D eigenvalue weighted by Gasteiger charge is -2.35. The molecule has 1 aliphatic carbocycles. The second-order valence-corrected chi connectivity index (χ2v) is 7.20. The minimum absolute atomic E-state index is 0.0388. The summed E-state index contributed by atoms with van der Waals surface area (Å²) in [6, 6.07) is 3.11. The van der Waals surface area contributed by atoms with Crippen LogP contribution in [-0.2, 0) is 9.47 Å². The molecule has 2 aliphatic rings. The molecule has 0 bridgehead atoms. The van der Waals surface area contributed by atoms with Crippen LogP contribution in [0.3, 0.4) is 0 Å². The van der Waals surface area contributed by atoms with Crippen molar-refractivity contribution in [1.29, 1.82) is 0 Å². The highest BCUT2D eigenvalue weighted by Crippen LogP contribution is 2.37. The molecule has 0 N–H and O–H groups in total. The van der Waals surface area contributed by atoms with E-state index in [1.165, 1.54) is 6.07 Å². The van der Waals surface area contributed by atoms with Gasteiger partial charge in [-0.2, -0.15) is 4.39 Å². The maximum Gasteiger partial charge on any atom is 0.201 e. The number of halogens is 2. The number of ether oxygens (including phenoxy) is 3. The third-order valence-corrected chi connectivity index (χ3v) is 5.30. The van der Waals surface area contributed by atoms with E-state index in [9.17, 15) is 8.78 Å². The third kappa shape index (κ3) is 4.77. The average molecular weight is 378 g/mol. The van der Waals surface area contributed by atoms with Crippen molar-refractivity contribution in [3.63, 3.8) is 0 Å². The lowest BCUT2D eigenvalue weighted by atomic mass is 9.85. The minimum atomic E-state index is -0.915. The Balaban J connectivity index is 1.59. The Morgan fingerprint density at radius 3 is 2.63 bits per heavy atom. The molecule has 0 saturated carbocycles. The molecule has 0 spiro atoms. The van der Waals surface area contributed by atoms with Crippen molar-refractivity contribution in [3.05, 3.63) is 48.1 Å². The minimum Gasteiger partial charge on any atom is -0.491 e. The fourth-order valence-electron chi connectivity index (χ4n) is 3.74. The van der Waals surface area contributed by atoms with E-state index in [0.29, 0.717) is 37.7 Å². The zero-order chi connectivity index (χ0) is 19.2. The Labute approximate surface area is 160 Å². The van der Waals surface area contributed by atoms with Crippen molar-refractivity contribution in [2.24, 2.45) is 11.8 Å². The molecule has 3 rings (SSSR count). The molecule has 3 nitrogen and oxygen atoms in total. The highest BCUT2D eigenvalue weighted by atomic mass is 19.2. The largest absolute Gasteiger partial charge is 0.491 e. The molecule has 1 heterocycles. The van der Waals surface area contributed by atoms with Crippen molar-refractivity contribution in [1.82, 2.24) is 0 Å². The first kappa shape index (κ1) is 20.0. The summed E-state index contributed by atoms with van der Waals surface area (Å²) >= 11 is 0. The number of hydrogen-bond acceptors (Lipinski definition) is 3. The summed E-state index contributed by atoms with van der Waals surface area (Å²) < 4.78 is 45.5. The SMILES string of the molecule is C=CCCC1COC(C2CC=C(c3ccc(OCC)c(F)c3F)CC2)OC1. The molecule has 0 amide bonds. The Bertz CT molecular complexity index is 678. The van der Waals surface area contributed by atoms with E-state index in [0.717, 1.165) is 31.3 Å². The van der Waals surface area contributed by atoms with Crippen LogP contribution in [0.15, 0.2) is 30.9 Å². The normalized spacial score (nSPS) is 25.7. The molecule has 0 radical (unpaired) electrons. The molecule has 5 heteroatoms. The standard InChI is InChI=1S/C22H28F2O3/c1-3-5-6-15-13-26-22(27-14-15)17-9-7-16(8-10-17)18-11-12-19(25-4-2)21(24)20(18)23/h3,7,11-12,15,17,22H,1,4-6,8-10,13-14H2,2H3. The summed E-state index contributed by atoms with van der Waals surface area (Å²) in [6.45, 7) is 7.21. The molecular formula is C22H28F2O3. The van der Waals surface area contributed by atoms with Crippen LogP contribution in [-0.4, -0.2) is 26.1 Å². The summed E-state index contributed by atoms with van der Waals surface area (Å²) in [7, 11) is 0. The molecule has 148 valence electrons. The van der Waals surface area contributed by atoms with Gasteiger partial charge in [0.1, 0.15) is 0 Å². The van der Waals surface area contributed by atoms with Crippen molar-refractivity contribution >= 4 is 5.57 Å². The van der Waals surface area contributed by atoms with Gasteiger partial charge < -0.3 is 14.2 Å². The molecule has 0 aromatic heterocycles. The third-order valence-electron chi connectivity index (χ3n) is 5.30. The molecule has 1 aliphatic heterocycles. The summed E-state index contributed by atoms with van der Waals surface area (Å²) in [5, 5.41) is 0. The van der Waals surface area contributed by atoms with Gasteiger partial charge in [0.15, 0.2) is 17.9 Å². The van der Waals surface area contributed by atoms with E-state index < -0.39 is 11.6 Å². The fourth-order valence-corrected chi connectivity index (χ4v) is 3.74. The van der Waals surface area contributed by atoms with Crippen molar-refractivity contribution in [2.75, 3.05) is 19.8 Å². The van der Waals surface area contributed by atoms with Gasteiger partial charge in [-0.15, -0.1) is 6.58 Å². The van der Waals surface area contributed by atoms with E-state index in [2.05, 4.69) is 6.58 Å². The Morgan fingerprint density at radius 1 is 1.22 bits per heavy atom. The molecule has 1 fully saturated rings. The van der Waals surface area contributed by atoms with Crippen molar-refractivity contribution in [2.45, 2.75) is 45.3 Å². The molecule has 1 aromatic carbocycles. The molecule has 1 unspecified atom stereocenters. The van der Waals surface area contributed by atoms with Gasteiger partial charge in [0.2, 0.25) is 5.82 Å². The second kappa shape index (κ2) is 9.47. The van der Waals surface area contributed by atoms with Crippen LogP contribution in [0.5, 0.6) is 5.75 Å². The van der Waals surface area contributed by atoms with Gasteiger partial charge in [-0.3, -0.25) is 0 Å². The van der Waals surface area contributed by atoms with Crippen LogP contribution in [0.4, 0.5) is 8.78 Å². The van der Waals surface area contributed by atoms with Gasteiger partial charge in [0.05, 0.1) is 19.8 Å². The molecular weight excluding hydrogens is 350 g/mol. The summed E-state index contributed by atoms with van der Waals surface area (Å²) in [6.07, 6.45) is 7.97. The van der Waals surface area contributed by atoms with Gasteiger partial charge in [-0.25, -0.2) is 4.39 Å². The Morgan fingerprint density at radius 2 is 2.00 bits per heavy atom. The highest BCUT2D eigenvalue weighted by molar-refractivity contribution is 5.67. The van der Waals surface area contributed by atoms with Crippen LogP contribution in [0, 0.1) is 23.5 Å². The van der Waals surface area contributed by atoms with Crippen LogP contribution < -0.4 is 4.74 Å². The molecule has 27 heavy (non-hydrogen) atoms. The van der Waals surface area contributed by atoms with Gasteiger partial charge in [-0.05, 0) is 56.7 Å². The zero-order valence-corrected chi connectivity index (χ0v) is 15.9. The Kier molecular flexibility index (Phi) is 7.02. The number of benzene rings is 1. The molecule has 1 aromatic rings. The van der Waals surface area contributed by atoms with E-state index in [4.69, 9.17) is 14.2 Å². The van der Waals surface area contributed by atoms with E-state index in [1.807, 2.05) is 12.2 Å². The van der Waals surface area contributed by atoms with E-state index in [1.54, 1.807) is 13.0 Å². The first-order chi connectivity index (χ1) is 13.1. The monoisotopic (exact) mass is 378 g/mol. The molecule has 1 saturated heterocycles. The smallest absolute Gasteiger partial charge is 0.201 e. The second-order valence-electron chi connectivity index (χ2n) is 7.20. The first-order valence-electron chi connectivity index (χ1n) is 9.78. The number of rotatable bonds is 7. The van der Waals surface area contributed by atoms with E-state index in [-0.39, 0.29) is 18.0 Å². The molecule has 1 atom stereocenters. The topological polar surface area (TPSA) is 27.7 Å². The summed E-state index contributed by atoms with van der Waals surface area (Å²) in [5.41, 5.74) is 1.16. The van der Waals surface area contributed by atoms with Crippen molar-refractivity contribution < 1.29 is 23.0 Å². The highest BCUT2D eigenvalue weighted by Gasteiger charge is 2.31. The lowest BCUT2D eigenvalue weighted by Crippen LogP contribution is -2.37. The Hall–Kier alpha value is -1.72. The maximum absolute atomic E-state index is 14.4. The first-order valence-corrected chi connectivity index (χ1v) is 9.78. The van der Waals surface area contributed by atoms with Gasteiger partial charge in [0, 0.05) is 17.4 Å². The summed E-state index contributed by atoms with van der Waals surface area (Å²) in [4.78, 5) is 0. The quantitative estimate of drug-likeness (QED) is 0.586. The zero-order valence-electron chi connectivity index (χ0n) is 15.9. The van der Waals surface area contributed by atoms with E-state index >= 15 is 0 Å². The van der Waals surface area contributed by atoms with Crippen LogP contribution in [0.1, 0.15) is 44.6 Å². The van der Waals surface area contributed by atoms with Gasteiger partial charge in [0.25, 0.3) is 0 Å². The maximum atomic E-state index is 14.4.